The molecule has 1 aliphatic rings. The Morgan fingerprint density at radius 2 is 2.11 bits per heavy atom. The van der Waals surface area contributed by atoms with Crippen molar-refractivity contribution in [2.75, 3.05) is 25.9 Å². The Morgan fingerprint density at radius 3 is 2.58 bits per heavy atom. The molecule has 0 radical (unpaired) electrons. The summed E-state index contributed by atoms with van der Waals surface area (Å²) in [7, 11) is -3.12. The van der Waals surface area contributed by atoms with Gasteiger partial charge in [0.2, 0.25) is 15.9 Å². The van der Waals surface area contributed by atoms with Crippen LogP contribution in [0.1, 0.15) is 26.7 Å². The van der Waals surface area contributed by atoms with Gasteiger partial charge in [0.15, 0.2) is 0 Å². The normalized spacial score (nSPS) is 23.5. The first-order valence-corrected chi connectivity index (χ1v) is 8.54. The van der Waals surface area contributed by atoms with Crippen LogP contribution in [0.5, 0.6) is 0 Å². The van der Waals surface area contributed by atoms with E-state index in [0.29, 0.717) is 19.6 Å². The molecule has 19 heavy (non-hydrogen) atoms. The molecule has 2 unspecified atom stereocenters. The minimum absolute atomic E-state index is 0.132. The number of sulfonamides is 1. The molecule has 0 saturated carbocycles. The maximum atomic E-state index is 11.5. The lowest BCUT2D eigenvalue weighted by molar-refractivity contribution is -0.121. The summed E-state index contributed by atoms with van der Waals surface area (Å²) in [6.07, 6.45) is 3.08. The van der Waals surface area contributed by atoms with Crippen LogP contribution >= 0.6 is 0 Å². The lowest BCUT2D eigenvalue weighted by Crippen LogP contribution is -2.49. The summed E-state index contributed by atoms with van der Waals surface area (Å²) in [5.74, 6) is 0.0157. The third-order valence-corrected chi connectivity index (χ3v) is 4.82. The first kappa shape index (κ1) is 16.4. The number of nitrogens with two attached hydrogens (primary N) is 1. The van der Waals surface area contributed by atoms with Gasteiger partial charge in [-0.15, -0.1) is 0 Å². The molecular weight excluding hydrogens is 266 g/mol. The molecule has 0 aromatic heterocycles. The van der Waals surface area contributed by atoms with Crippen LogP contribution in [0.15, 0.2) is 0 Å². The van der Waals surface area contributed by atoms with Gasteiger partial charge in [0, 0.05) is 13.1 Å². The molecule has 0 spiro atoms. The van der Waals surface area contributed by atoms with Gasteiger partial charge < -0.3 is 11.1 Å². The fourth-order valence-corrected chi connectivity index (χ4v) is 3.40. The van der Waals surface area contributed by atoms with Gasteiger partial charge in [0.05, 0.1) is 12.3 Å². The summed E-state index contributed by atoms with van der Waals surface area (Å²) in [5.41, 5.74) is 5.34. The third kappa shape index (κ3) is 5.08. The fraction of sp³-hybridized carbons (Fsp3) is 0.917. The number of carbonyl (C=O) groups excluding carboxylic acids is 1. The molecule has 1 heterocycles. The molecule has 1 rings (SSSR count). The molecular formula is C12H25N3O3S. The van der Waals surface area contributed by atoms with Gasteiger partial charge in [-0.25, -0.2) is 12.7 Å². The van der Waals surface area contributed by atoms with Crippen LogP contribution in [0.3, 0.4) is 0 Å². The second kappa shape index (κ2) is 6.67. The van der Waals surface area contributed by atoms with E-state index in [0.717, 1.165) is 12.8 Å². The van der Waals surface area contributed by atoms with Crippen molar-refractivity contribution in [1.82, 2.24) is 9.62 Å². The van der Waals surface area contributed by atoms with Gasteiger partial charge in [-0.05, 0) is 31.2 Å². The number of nitrogens with one attached hydrogen (secondary N) is 1. The number of rotatable bonds is 6. The molecule has 0 bridgehead atoms. The molecule has 2 atom stereocenters. The molecule has 0 aliphatic carbocycles. The van der Waals surface area contributed by atoms with E-state index in [-0.39, 0.29) is 23.8 Å². The molecule has 0 aromatic carbocycles. The third-order valence-electron chi connectivity index (χ3n) is 3.55. The minimum atomic E-state index is -3.12. The average molecular weight is 291 g/mol. The topological polar surface area (TPSA) is 92.5 Å². The average Bonchev–Trinajstić information content (AvgIpc) is 2.27. The van der Waals surface area contributed by atoms with E-state index in [4.69, 9.17) is 5.73 Å². The number of nitrogens with zero attached hydrogens (tertiary/aromatic N) is 1. The molecule has 3 N–H and O–H groups in total. The van der Waals surface area contributed by atoms with Crippen molar-refractivity contribution >= 4 is 15.9 Å². The van der Waals surface area contributed by atoms with E-state index in [2.05, 4.69) is 5.32 Å². The van der Waals surface area contributed by atoms with E-state index in [1.54, 1.807) is 0 Å². The monoisotopic (exact) mass is 291 g/mol. The highest BCUT2D eigenvalue weighted by Gasteiger charge is 2.27. The summed E-state index contributed by atoms with van der Waals surface area (Å²) in [4.78, 5) is 11.3. The smallest absolute Gasteiger partial charge is 0.234 e. The molecule has 6 nitrogen and oxygen atoms in total. The number of carbonyl (C=O) groups is 1. The summed E-state index contributed by atoms with van der Waals surface area (Å²) >= 11 is 0. The predicted molar refractivity (Wildman–Crippen MR) is 75.0 cm³/mol. The first-order chi connectivity index (χ1) is 8.71. The number of hydrogen-bond donors (Lipinski definition) is 2. The van der Waals surface area contributed by atoms with Crippen LogP contribution in [-0.4, -0.2) is 50.6 Å². The highest BCUT2D eigenvalue weighted by molar-refractivity contribution is 7.88. The van der Waals surface area contributed by atoms with Crippen molar-refractivity contribution in [2.24, 2.45) is 17.6 Å². The number of primary amides is 1. The second-order valence-electron chi connectivity index (χ2n) is 5.66. The SMILES string of the molecule is CC(C)C(NCC1CCCN(S(C)(=O)=O)C1)C(N)=O. The Hall–Kier alpha value is -0.660. The standard InChI is InChI=1S/C12H25N3O3S/c1-9(2)11(12(13)16)14-7-10-5-4-6-15(8-10)19(3,17)18/h9-11,14H,4-8H2,1-3H3,(H2,13,16). The van der Waals surface area contributed by atoms with Gasteiger partial charge in [0.25, 0.3) is 0 Å². The van der Waals surface area contributed by atoms with E-state index in [1.807, 2.05) is 13.8 Å². The van der Waals surface area contributed by atoms with Crippen LogP contribution in [-0.2, 0) is 14.8 Å². The highest BCUT2D eigenvalue weighted by Crippen LogP contribution is 2.18. The summed E-state index contributed by atoms with van der Waals surface area (Å²) in [6.45, 7) is 5.62. The van der Waals surface area contributed by atoms with Crippen molar-refractivity contribution in [3.05, 3.63) is 0 Å². The van der Waals surface area contributed by atoms with E-state index in [1.165, 1.54) is 10.6 Å². The van der Waals surface area contributed by atoms with E-state index < -0.39 is 10.0 Å². The lowest BCUT2D eigenvalue weighted by atomic mass is 9.97. The number of piperidine rings is 1. The zero-order chi connectivity index (χ0) is 14.6. The highest BCUT2D eigenvalue weighted by atomic mass is 32.2. The Kier molecular flexibility index (Phi) is 5.76. The van der Waals surface area contributed by atoms with E-state index in [9.17, 15) is 13.2 Å². The van der Waals surface area contributed by atoms with Crippen molar-refractivity contribution in [3.8, 4) is 0 Å². The Bertz CT molecular complexity index is 408. The zero-order valence-electron chi connectivity index (χ0n) is 11.9. The van der Waals surface area contributed by atoms with Gasteiger partial charge in [-0.2, -0.15) is 0 Å². The maximum absolute atomic E-state index is 11.5. The molecule has 1 amide bonds. The maximum Gasteiger partial charge on any atom is 0.234 e. The summed E-state index contributed by atoms with van der Waals surface area (Å²) in [6, 6.07) is -0.353. The molecule has 0 aromatic rings. The summed E-state index contributed by atoms with van der Waals surface area (Å²) in [5, 5.41) is 3.16. The van der Waals surface area contributed by atoms with Crippen molar-refractivity contribution < 1.29 is 13.2 Å². The van der Waals surface area contributed by atoms with Crippen LogP contribution in [0.25, 0.3) is 0 Å². The van der Waals surface area contributed by atoms with Crippen LogP contribution < -0.4 is 11.1 Å². The van der Waals surface area contributed by atoms with Crippen molar-refractivity contribution in [1.29, 1.82) is 0 Å². The number of amides is 1. The quantitative estimate of drug-likeness (QED) is 0.706. The van der Waals surface area contributed by atoms with Gasteiger partial charge in [-0.1, -0.05) is 13.8 Å². The summed E-state index contributed by atoms with van der Waals surface area (Å²) < 4.78 is 24.5. The predicted octanol–water partition coefficient (Wildman–Crippen LogP) is -0.242. The van der Waals surface area contributed by atoms with Gasteiger partial charge in [-0.3, -0.25) is 4.79 Å². The Morgan fingerprint density at radius 1 is 1.47 bits per heavy atom. The Labute approximate surface area is 115 Å². The van der Waals surface area contributed by atoms with Gasteiger partial charge in [0.1, 0.15) is 0 Å². The van der Waals surface area contributed by atoms with Crippen LogP contribution in [0.2, 0.25) is 0 Å². The molecule has 1 saturated heterocycles. The zero-order valence-corrected chi connectivity index (χ0v) is 12.7. The lowest BCUT2D eigenvalue weighted by Gasteiger charge is -2.32. The second-order valence-corrected chi connectivity index (χ2v) is 7.64. The van der Waals surface area contributed by atoms with E-state index >= 15 is 0 Å². The fourth-order valence-electron chi connectivity index (χ4n) is 2.45. The van der Waals surface area contributed by atoms with Crippen LogP contribution in [0.4, 0.5) is 0 Å². The molecule has 112 valence electrons. The first-order valence-electron chi connectivity index (χ1n) is 6.69. The number of hydrogen-bond acceptors (Lipinski definition) is 4. The molecule has 1 fully saturated rings. The van der Waals surface area contributed by atoms with Crippen molar-refractivity contribution in [2.45, 2.75) is 32.7 Å². The molecule has 1 aliphatic heterocycles. The van der Waals surface area contributed by atoms with Crippen LogP contribution in [0, 0.1) is 11.8 Å². The van der Waals surface area contributed by atoms with Crippen molar-refractivity contribution in [3.63, 3.8) is 0 Å². The Balaban J connectivity index is 2.51. The minimum Gasteiger partial charge on any atom is -0.368 e. The molecule has 7 heteroatoms. The largest absolute Gasteiger partial charge is 0.368 e. The van der Waals surface area contributed by atoms with Gasteiger partial charge >= 0.3 is 0 Å².